The molecule has 25 heavy (non-hydrogen) atoms. The van der Waals surface area contributed by atoms with Crippen LogP contribution >= 0.6 is 0 Å². The van der Waals surface area contributed by atoms with E-state index in [1.165, 1.54) is 4.90 Å². The fraction of sp³-hybridized carbons (Fsp3) is 0.706. The summed E-state index contributed by atoms with van der Waals surface area (Å²) >= 11 is 0. The Kier molecular flexibility index (Phi) is 4.73. The van der Waals surface area contributed by atoms with Crippen molar-refractivity contribution in [2.45, 2.75) is 49.8 Å². The molecule has 3 amide bonds. The fourth-order valence-electron chi connectivity index (χ4n) is 3.73. The number of carboxylic acids is 1. The summed E-state index contributed by atoms with van der Waals surface area (Å²) in [7, 11) is 1.69. The van der Waals surface area contributed by atoms with Gasteiger partial charge in [0, 0.05) is 32.5 Å². The molecule has 0 radical (unpaired) electrons. The largest absolute Gasteiger partial charge is 0.479 e. The van der Waals surface area contributed by atoms with Gasteiger partial charge in [-0.05, 0) is 25.7 Å². The van der Waals surface area contributed by atoms with Crippen molar-refractivity contribution >= 4 is 17.9 Å². The number of aliphatic hydroxyl groups excluding tert-OH is 1. The van der Waals surface area contributed by atoms with Crippen molar-refractivity contribution in [3.05, 3.63) is 12.2 Å². The number of carbonyl (C=O) groups is 3. The first-order chi connectivity index (χ1) is 11.8. The predicted molar refractivity (Wildman–Crippen MR) is 88.8 cm³/mol. The van der Waals surface area contributed by atoms with Crippen LogP contribution in [0.5, 0.6) is 0 Å². The number of fused-ring (bicyclic) bond motifs is 2. The zero-order valence-corrected chi connectivity index (χ0v) is 14.4. The Hall–Kier alpha value is -2.09. The first-order valence-corrected chi connectivity index (χ1v) is 8.77. The van der Waals surface area contributed by atoms with Crippen LogP contribution in [0.15, 0.2) is 12.2 Å². The summed E-state index contributed by atoms with van der Waals surface area (Å²) in [6.45, 7) is 0.628. The Morgan fingerprint density at radius 3 is 2.84 bits per heavy atom. The van der Waals surface area contributed by atoms with Crippen LogP contribution in [0.4, 0.5) is 4.79 Å². The highest BCUT2D eigenvalue weighted by molar-refractivity contribution is 5.93. The van der Waals surface area contributed by atoms with E-state index in [4.69, 9.17) is 0 Å². The summed E-state index contributed by atoms with van der Waals surface area (Å²) in [5.41, 5.74) is -1.30. The number of nitrogens with zero attached hydrogens (tertiary/aromatic N) is 2. The zero-order valence-electron chi connectivity index (χ0n) is 14.4. The van der Waals surface area contributed by atoms with E-state index in [1.54, 1.807) is 11.9 Å². The third-order valence-electron chi connectivity index (χ3n) is 5.41. The van der Waals surface area contributed by atoms with Crippen LogP contribution in [-0.2, 0) is 9.59 Å². The molecule has 2 aliphatic heterocycles. The molecule has 138 valence electrons. The molecule has 2 heterocycles. The Balaban J connectivity index is 1.85. The first kappa shape index (κ1) is 17.7. The van der Waals surface area contributed by atoms with Gasteiger partial charge in [-0.25, -0.2) is 9.59 Å². The highest BCUT2D eigenvalue weighted by Gasteiger charge is 2.61. The zero-order chi connectivity index (χ0) is 18.2. The number of carboxylic acid groups (broad SMARTS) is 1. The normalized spacial score (nSPS) is 36.3. The van der Waals surface area contributed by atoms with Crippen molar-refractivity contribution in [3.63, 3.8) is 0 Å². The molecule has 1 saturated heterocycles. The molecule has 3 rings (SSSR count). The lowest BCUT2D eigenvalue weighted by Gasteiger charge is -2.29. The number of hydrogen-bond donors (Lipinski definition) is 3. The second-order valence-corrected chi connectivity index (χ2v) is 7.26. The van der Waals surface area contributed by atoms with Crippen LogP contribution in [0.25, 0.3) is 0 Å². The van der Waals surface area contributed by atoms with Crippen LogP contribution in [0, 0.1) is 5.92 Å². The predicted octanol–water partition coefficient (Wildman–Crippen LogP) is 0.173. The molecule has 1 aliphatic carbocycles. The van der Waals surface area contributed by atoms with Gasteiger partial charge in [0.05, 0.1) is 6.10 Å². The maximum absolute atomic E-state index is 12.7. The van der Waals surface area contributed by atoms with Gasteiger partial charge in [-0.3, -0.25) is 4.79 Å². The molecular formula is C17H25N3O5. The topological polar surface area (TPSA) is 110 Å². The van der Waals surface area contributed by atoms with Crippen LogP contribution < -0.4 is 5.32 Å². The summed E-state index contributed by atoms with van der Waals surface area (Å²) < 4.78 is 0. The van der Waals surface area contributed by atoms with E-state index >= 15 is 0 Å². The van der Waals surface area contributed by atoms with Gasteiger partial charge in [0.1, 0.15) is 11.6 Å². The lowest BCUT2D eigenvalue weighted by Crippen LogP contribution is -2.55. The van der Waals surface area contributed by atoms with Crippen LogP contribution in [-0.4, -0.2) is 75.7 Å². The highest BCUT2D eigenvalue weighted by Crippen LogP contribution is 2.45. The molecule has 0 aromatic carbocycles. The third-order valence-corrected chi connectivity index (χ3v) is 5.41. The van der Waals surface area contributed by atoms with Crippen molar-refractivity contribution in [1.82, 2.24) is 15.1 Å². The monoisotopic (exact) mass is 351 g/mol. The number of allylic oxidation sites excluding steroid dienone is 1. The van der Waals surface area contributed by atoms with E-state index in [0.29, 0.717) is 13.0 Å². The minimum Gasteiger partial charge on any atom is -0.479 e. The standard InChI is InChI=1S/C17H25N3O5/c1-19-7-5-3-2-4-6-11-9-17(11,15(23)24)18-16(25)20-10-12(21)8-13(20)14(19)22/h4,6,11-13,21H,2-3,5,7-10H2,1H3,(H,18,25)(H,23,24). The van der Waals surface area contributed by atoms with Gasteiger partial charge in [-0.2, -0.15) is 0 Å². The molecule has 4 atom stereocenters. The molecule has 4 unspecified atom stereocenters. The Labute approximate surface area is 146 Å². The number of amides is 3. The van der Waals surface area contributed by atoms with Gasteiger partial charge in [0.2, 0.25) is 5.91 Å². The minimum absolute atomic E-state index is 0.0340. The molecule has 8 heteroatoms. The molecule has 3 N–H and O–H groups in total. The molecule has 0 aromatic heterocycles. The molecule has 3 aliphatic rings. The lowest BCUT2D eigenvalue weighted by atomic mass is 10.1. The summed E-state index contributed by atoms with van der Waals surface area (Å²) in [6.07, 6.45) is 6.13. The molecular weight excluding hydrogens is 326 g/mol. The van der Waals surface area contributed by atoms with E-state index in [-0.39, 0.29) is 24.8 Å². The maximum atomic E-state index is 12.7. The van der Waals surface area contributed by atoms with Gasteiger partial charge in [0.15, 0.2) is 0 Å². The van der Waals surface area contributed by atoms with Gasteiger partial charge < -0.3 is 25.3 Å². The van der Waals surface area contributed by atoms with Crippen LogP contribution in [0.1, 0.15) is 32.1 Å². The highest BCUT2D eigenvalue weighted by atomic mass is 16.4. The summed E-state index contributed by atoms with van der Waals surface area (Å²) in [6, 6.07) is -1.35. The van der Waals surface area contributed by atoms with Crippen molar-refractivity contribution in [2.24, 2.45) is 5.92 Å². The van der Waals surface area contributed by atoms with Crippen LogP contribution in [0.3, 0.4) is 0 Å². The SMILES string of the molecule is CN1CCCCC=CC2CC2(C(=O)O)NC(=O)N2CC(O)CC2C1=O. The minimum atomic E-state index is -1.30. The molecule has 0 spiro atoms. The Morgan fingerprint density at radius 1 is 1.36 bits per heavy atom. The number of hydrogen-bond acceptors (Lipinski definition) is 4. The average Bonchev–Trinajstić information content (AvgIpc) is 3.11. The van der Waals surface area contributed by atoms with E-state index in [0.717, 1.165) is 19.3 Å². The maximum Gasteiger partial charge on any atom is 0.330 e. The van der Waals surface area contributed by atoms with E-state index in [1.807, 2.05) is 12.2 Å². The molecule has 0 bridgehead atoms. The molecule has 0 aromatic rings. The van der Waals surface area contributed by atoms with E-state index in [2.05, 4.69) is 5.32 Å². The second kappa shape index (κ2) is 6.67. The van der Waals surface area contributed by atoms with Gasteiger partial charge in [-0.1, -0.05) is 12.2 Å². The summed E-state index contributed by atoms with van der Waals surface area (Å²) in [4.78, 5) is 39.9. The van der Waals surface area contributed by atoms with Crippen molar-refractivity contribution in [1.29, 1.82) is 0 Å². The summed E-state index contributed by atoms with van der Waals surface area (Å²) in [5, 5.41) is 22.1. The number of rotatable bonds is 1. The molecule has 1 saturated carbocycles. The lowest BCUT2D eigenvalue weighted by molar-refractivity contribution is -0.140. The third kappa shape index (κ3) is 3.35. The number of carbonyl (C=O) groups excluding carboxylic acids is 2. The van der Waals surface area contributed by atoms with Crippen molar-refractivity contribution in [2.75, 3.05) is 20.1 Å². The van der Waals surface area contributed by atoms with E-state index in [9.17, 15) is 24.6 Å². The number of aliphatic carboxylic acids is 1. The summed E-state index contributed by atoms with van der Waals surface area (Å²) in [5.74, 6) is -1.51. The average molecular weight is 351 g/mol. The van der Waals surface area contributed by atoms with Crippen molar-refractivity contribution in [3.8, 4) is 0 Å². The Morgan fingerprint density at radius 2 is 2.12 bits per heavy atom. The number of nitrogens with one attached hydrogen (secondary N) is 1. The number of likely N-dealkylation sites (N-methyl/N-ethyl adjacent to an activating group) is 1. The Bertz CT molecular complexity index is 607. The van der Waals surface area contributed by atoms with Crippen LogP contribution in [0.2, 0.25) is 0 Å². The van der Waals surface area contributed by atoms with Gasteiger partial charge in [0.25, 0.3) is 0 Å². The fourth-order valence-corrected chi connectivity index (χ4v) is 3.73. The van der Waals surface area contributed by atoms with Crippen molar-refractivity contribution < 1.29 is 24.6 Å². The smallest absolute Gasteiger partial charge is 0.330 e. The number of aliphatic hydroxyl groups is 1. The van der Waals surface area contributed by atoms with E-state index < -0.39 is 29.7 Å². The quantitative estimate of drug-likeness (QED) is 0.584. The van der Waals surface area contributed by atoms with Gasteiger partial charge >= 0.3 is 12.0 Å². The molecule has 2 fully saturated rings. The number of urea groups is 1. The first-order valence-electron chi connectivity index (χ1n) is 8.77. The second-order valence-electron chi connectivity index (χ2n) is 7.26. The molecule has 8 nitrogen and oxygen atoms in total. The van der Waals surface area contributed by atoms with Gasteiger partial charge in [-0.15, -0.1) is 0 Å².